The van der Waals surface area contributed by atoms with E-state index in [-0.39, 0.29) is 30.1 Å². The van der Waals surface area contributed by atoms with Gasteiger partial charge in [0.25, 0.3) is 0 Å². The minimum atomic E-state index is 0. The molecule has 0 saturated carbocycles. The molecule has 0 radical (unpaired) electrons. The van der Waals surface area contributed by atoms with Crippen molar-refractivity contribution in [1.82, 2.24) is 15.6 Å². The van der Waals surface area contributed by atoms with E-state index in [0.717, 1.165) is 24.7 Å². The summed E-state index contributed by atoms with van der Waals surface area (Å²) in [5, 5.41) is 6.49. The fourth-order valence-electron chi connectivity index (χ4n) is 2.35. The third-order valence-corrected chi connectivity index (χ3v) is 3.77. The number of hydrogen-bond donors (Lipinski definition) is 2. The van der Waals surface area contributed by atoms with Crippen LogP contribution in [0.4, 0.5) is 0 Å². The normalized spacial score (nSPS) is 12.0. The highest BCUT2D eigenvalue weighted by Gasteiger charge is 2.04. The molecule has 0 bridgehead atoms. The van der Waals surface area contributed by atoms with Crippen LogP contribution < -0.4 is 15.4 Å². The van der Waals surface area contributed by atoms with Crippen molar-refractivity contribution in [3.63, 3.8) is 0 Å². The molecule has 0 fully saturated rings. The number of aliphatic imine (C=N–C) groups is 1. The molecular formula is C20H29IN4O2. The number of halogens is 1. The van der Waals surface area contributed by atoms with Crippen molar-refractivity contribution in [1.29, 1.82) is 0 Å². The zero-order chi connectivity index (χ0) is 18.5. The van der Waals surface area contributed by atoms with Gasteiger partial charge in [-0.1, -0.05) is 30.3 Å². The third-order valence-electron chi connectivity index (χ3n) is 3.77. The molecule has 0 aliphatic heterocycles. The molecule has 1 unspecified atom stereocenters. The molecule has 2 N–H and O–H groups in total. The Labute approximate surface area is 178 Å². The first-order valence-electron chi connectivity index (χ1n) is 8.93. The van der Waals surface area contributed by atoms with Crippen LogP contribution in [-0.4, -0.2) is 44.3 Å². The zero-order valence-electron chi connectivity index (χ0n) is 15.9. The lowest BCUT2D eigenvalue weighted by molar-refractivity contribution is 0.0646. The van der Waals surface area contributed by atoms with Crippen molar-refractivity contribution < 1.29 is 9.47 Å². The molecule has 1 aromatic carbocycles. The Kier molecular flexibility index (Phi) is 12.2. The van der Waals surface area contributed by atoms with Gasteiger partial charge in [-0.15, -0.1) is 24.0 Å². The monoisotopic (exact) mass is 484 g/mol. The maximum Gasteiger partial charge on any atom is 0.191 e. The first-order valence-corrected chi connectivity index (χ1v) is 8.93. The lowest BCUT2D eigenvalue weighted by Gasteiger charge is -2.15. The number of ether oxygens (including phenoxy) is 2. The number of nitrogens with one attached hydrogen (secondary N) is 2. The molecule has 1 aromatic heterocycles. The van der Waals surface area contributed by atoms with Crippen LogP contribution in [0, 0.1) is 0 Å². The largest absolute Gasteiger partial charge is 0.490 e. The molecule has 27 heavy (non-hydrogen) atoms. The van der Waals surface area contributed by atoms with Gasteiger partial charge in [0.15, 0.2) is 5.96 Å². The van der Waals surface area contributed by atoms with Crippen molar-refractivity contribution in [3.8, 4) is 5.75 Å². The first kappa shape index (κ1) is 23.2. The molecule has 0 saturated heterocycles. The van der Waals surface area contributed by atoms with Gasteiger partial charge >= 0.3 is 0 Å². The molecule has 0 aliphatic carbocycles. The van der Waals surface area contributed by atoms with E-state index in [1.165, 1.54) is 5.56 Å². The van der Waals surface area contributed by atoms with Crippen molar-refractivity contribution in [2.75, 3.05) is 33.4 Å². The summed E-state index contributed by atoms with van der Waals surface area (Å²) < 4.78 is 11.4. The Morgan fingerprint density at radius 3 is 2.56 bits per heavy atom. The van der Waals surface area contributed by atoms with Crippen LogP contribution in [0.5, 0.6) is 5.75 Å². The quantitative estimate of drug-likeness (QED) is 0.234. The van der Waals surface area contributed by atoms with Crippen molar-refractivity contribution >= 4 is 29.9 Å². The molecule has 1 atom stereocenters. The Morgan fingerprint density at radius 1 is 1.07 bits per heavy atom. The SMILES string of the molecule is CN=C(NCCCOC(C)c1ccccc1)NCCOc1cccnc1.I. The molecule has 6 nitrogen and oxygen atoms in total. The Hall–Kier alpha value is -1.87. The van der Waals surface area contributed by atoms with E-state index in [1.807, 2.05) is 30.3 Å². The predicted molar refractivity (Wildman–Crippen MR) is 120 cm³/mol. The van der Waals surface area contributed by atoms with Crippen LogP contribution in [0.2, 0.25) is 0 Å². The first-order chi connectivity index (χ1) is 12.8. The number of benzene rings is 1. The van der Waals surface area contributed by atoms with Crippen LogP contribution in [-0.2, 0) is 4.74 Å². The van der Waals surface area contributed by atoms with E-state index in [0.29, 0.717) is 19.8 Å². The summed E-state index contributed by atoms with van der Waals surface area (Å²) in [7, 11) is 1.76. The summed E-state index contributed by atoms with van der Waals surface area (Å²) in [6.07, 6.45) is 4.44. The number of nitrogens with zero attached hydrogens (tertiary/aromatic N) is 2. The van der Waals surface area contributed by atoms with E-state index in [9.17, 15) is 0 Å². The van der Waals surface area contributed by atoms with E-state index >= 15 is 0 Å². The van der Waals surface area contributed by atoms with Crippen LogP contribution >= 0.6 is 24.0 Å². The molecule has 0 spiro atoms. The maximum absolute atomic E-state index is 5.86. The number of hydrogen-bond acceptors (Lipinski definition) is 4. The number of rotatable bonds is 10. The fourth-order valence-corrected chi connectivity index (χ4v) is 2.35. The molecule has 7 heteroatoms. The maximum atomic E-state index is 5.86. The summed E-state index contributed by atoms with van der Waals surface area (Å²) in [4.78, 5) is 8.21. The lowest BCUT2D eigenvalue weighted by atomic mass is 10.1. The number of aromatic nitrogens is 1. The van der Waals surface area contributed by atoms with Gasteiger partial charge in [0.2, 0.25) is 0 Å². The zero-order valence-corrected chi connectivity index (χ0v) is 18.3. The lowest BCUT2D eigenvalue weighted by Crippen LogP contribution is -2.39. The van der Waals surface area contributed by atoms with Crippen LogP contribution in [0.25, 0.3) is 0 Å². The van der Waals surface area contributed by atoms with Gasteiger partial charge in [0, 0.05) is 26.4 Å². The smallest absolute Gasteiger partial charge is 0.191 e. The Morgan fingerprint density at radius 2 is 1.85 bits per heavy atom. The minimum Gasteiger partial charge on any atom is -0.490 e. The van der Waals surface area contributed by atoms with E-state index in [1.54, 1.807) is 19.4 Å². The number of guanidine groups is 1. The van der Waals surface area contributed by atoms with Gasteiger partial charge in [0.05, 0.1) is 18.8 Å². The van der Waals surface area contributed by atoms with Crippen molar-refractivity contribution in [2.24, 2.45) is 4.99 Å². The summed E-state index contributed by atoms with van der Waals surface area (Å²) in [5.74, 6) is 1.53. The van der Waals surface area contributed by atoms with Crippen LogP contribution in [0.3, 0.4) is 0 Å². The molecule has 148 valence electrons. The second-order valence-corrected chi connectivity index (χ2v) is 5.74. The van der Waals surface area contributed by atoms with Gasteiger partial charge in [-0.2, -0.15) is 0 Å². The molecule has 2 rings (SSSR count). The minimum absolute atomic E-state index is 0. The highest BCUT2D eigenvalue weighted by atomic mass is 127. The average Bonchev–Trinajstić information content (AvgIpc) is 2.70. The van der Waals surface area contributed by atoms with Gasteiger partial charge < -0.3 is 20.1 Å². The fraction of sp³-hybridized carbons (Fsp3) is 0.400. The average molecular weight is 484 g/mol. The van der Waals surface area contributed by atoms with Gasteiger partial charge in [-0.05, 0) is 31.0 Å². The summed E-state index contributed by atoms with van der Waals surface area (Å²) >= 11 is 0. The Bertz CT molecular complexity index is 641. The highest BCUT2D eigenvalue weighted by Crippen LogP contribution is 2.15. The van der Waals surface area contributed by atoms with E-state index in [4.69, 9.17) is 9.47 Å². The number of pyridine rings is 1. The van der Waals surface area contributed by atoms with E-state index < -0.39 is 0 Å². The Balaban J connectivity index is 0.00000364. The summed E-state index contributed by atoms with van der Waals surface area (Å²) in [6.45, 7) is 4.78. The topological polar surface area (TPSA) is 67.8 Å². The molecule has 0 aliphatic rings. The van der Waals surface area contributed by atoms with Crippen molar-refractivity contribution in [3.05, 3.63) is 60.4 Å². The molecule has 0 amide bonds. The third kappa shape index (κ3) is 9.58. The summed E-state index contributed by atoms with van der Waals surface area (Å²) in [5.41, 5.74) is 1.20. The van der Waals surface area contributed by atoms with E-state index in [2.05, 4.69) is 39.7 Å². The standard InChI is InChI=1S/C20H28N4O2.HI/c1-17(18-8-4-3-5-9-18)25-14-7-12-23-20(21-2)24-13-15-26-19-10-6-11-22-16-19;/h3-6,8-11,16-17H,7,12-15H2,1-2H3,(H2,21,23,24);1H. The second kappa shape index (κ2) is 14.2. The molecular weight excluding hydrogens is 455 g/mol. The van der Waals surface area contributed by atoms with Gasteiger partial charge in [0.1, 0.15) is 12.4 Å². The highest BCUT2D eigenvalue weighted by molar-refractivity contribution is 14.0. The molecule has 2 aromatic rings. The second-order valence-electron chi connectivity index (χ2n) is 5.74. The summed E-state index contributed by atoms with van der Waals surface area (Å²) in [6, 6.07) is 14.0. The molecule has 1 heterocycles. The van der Waals surface area contributed by atoms with Gasteiger partial charge in [-0.3, -0.25) is 9.98 Å². The van der Waals surface area contributed by atoms with Crippen molar-refractivity contribution in [2.45, 2.75) is 19.4 Å². The predicted octanol–water partition coefficient (Wildman–Crippen LogP) is 3.41. The van der Waals surface area contributed by atoms with Crippen LogP contribution in [0.15, 0.2) is 59.9 Å². The van der Waals surface area contributed by atoms with Gasteiger partial charge in [-0.25, -0.2) is 0 Å². The van der Waals surface area contributed by atoms with Crippen LogP contribution in [0.1, 0.15) is 25.0 Å².